The third-order valence-corrected chi connectivity index (χ3v) is 4.21. The average Bonchev–Trinajstić information content (AvgIpc) is 3.05. The number of ketones is 1. The highest BCUT2D eigenvalue weighted by atomic mass is 16.6. The van der Waals surface area contributed by atoms with E-state index in [2.05, 4.69) is 15.5 Å². The van der Waals surface area contributed by atoms with Crippen molar-refractivity contribution in [3.8, 4) is 5.69 Å². The number of carbonyl (C=O) groups is 1. The van der Waals surface area contributed by atoms with Gasteiger partial charge in [0.05, 0.1) is 23.2 Å². The van der Waals surface area contributed by atoms with Gasteiger partial charge in [-0.3, -0.25) is 24.8 Å². The first-order chi connectivity index (χ1) is 12.1. The molecule has 2 aromatic carbocycles. The molecule has 0 aliphatic carbocycles. The number of rotatable bonds is 3. The quantitative estimate of drug-likeness (QED) is 0.447. The Hall–Kier alpha value is -3.39. The molecule has 0 spiro atoms. The molecule has 1 N–H and O–H groups in total. The maximum Gasteiger partial charge on any atom is 0.269 e. The molecular weight excluding hydrogens is 322 g/mol. The van der Waals surface area contributed by atoms with Gasteiger partial charge < -0.3 is 0 Å². The molecular formula is C17H13N5O3. The zero-order valence-electron chi connectivity index (χ0n) is 13.0. The normalized spacial score (nSPS) is 15.8. The van der Waals surface area contributed by atoms with Gasteiger partial charge in [-0.05, 0) is 18.2 Å². The number of nitrogens with zero attached hydrogens (tertiary/aromatic N) is 4. The molecule has 0 amide bonds. The molecule has 1 aliphatic heterocycles. The second-order valence-electron chi connectivity index (χ2n) is 5.66. The fourth-order valence-corrected chi connectivity index (χ4v) is 2.98. The Morgan fingerprint density at radius 3 is 2.72 bits per heavy atom. The zero-order valence-corrected chi connectivity index (χ0v) is 13.0. The summed E-state index contributed by atoms with van der Waals surface area (Å²) in [6.45, 7) is 0.387. The molecule has 25 heavy (non-hydrogen) atoms. The van der Waals surface area contributed by atoms with Crippen LogP contribution in [0.3, 0.4) is 0 Å². The van der Waals surface area contributed by atoms with Crippen molar-refractivity contribution in [2.45, 2.75) is 12.6 Å². The van der Waals surface area contributed by atoms with Crippen LogP contribution in [0, 0.1) is 10.1 Å². The fraction of sp³-hybridized carbons (Fsp3) is 0.118. The lowest BCUT2D eigenvalue weighted by atomic mass is 9.96. The summed E-state index contributed by atoms with van der Waals surface area (Å²) >= 11 is 0. The van der Waals surface area contributed by atoms with E-state index in [1.54, 1.807) is 6.33 Å². The predicted octanol–water partition coefficient (Wildman–Crippen LogP) is 2.20. The van der Waals surface area contributed by atoms with Crippen LogP contribution >= 0.6 is 0 Å². The number of benzene rings is 2. The van der Waals surface area contributed by atoms with Crippen molar-refractivity contribution in [3.63, 3.8) is 0 Å². The second kappa shape index (κ2) is 5.91. The van der Waals surface area contributed by atoms with E-state index in [1.807, 2.05) is 28.8 Å². The third kappa shape index (κ3) is 2.58. The molecule has 0 saturated heterocycles. The van der Waals surface area contributed by atoms with Crippen LogP contribution in [0.25, 0.3) is 5.69 Å². The first-order valence-corrected chi connectivity index (χ1v) is 7.65. The molecule has 8 heteroatoms. The van der Waals surface area contributed by atoms with E-state index in [1.165, 1.54) is 24.3 Å². The number of Topliss-reactive ketones (excluding diaryl/α,β-unsaturated/α-hetero) is 1. The standard InChI is InChI=1S/C17H13N5O3/c23-17(11-5-7-12(8-6-11)22(24)25)16-13-3-1-2-4-14(13)21-10-19-20-15(21)9-18-16/h1-8,10,16,18H,9H2. The summed E-state index contributed by atoms with van der Waals surface area (Å²) < 4.78 is 1.85. The molecule has 1 aliphatic rings. The van der Waals surface area contributed by atoms with Crippen LogP contribution in [0.5, 0.6) is 0 Å². The Bertz CT molecular complexity index is 964. The number of nitro groups is 1. The average molecular weight is 335 g/mol. The van der Waals surface area contributed by atoms with Crippen molar-refractivity contribution in [2.24, 2.45) is 0 Å². The molecule has 0 bridgehead atoms. The van der Waals surface area contributed by atoms with Gasteiger partial charge in [-0.2, -0.15) is 0 Å². The lowest BCUT2D eigenvalue weighted by Crippen LogP contribution is -2.27. The van der Waals surface area contributed by atoms with E-state index in [4.69, 9.17) is 0 Å². The summed E-state index contributed by atoms with van der Waals surface area (Å²) in [6.07, 6.45) is 1.62. The number of para-hydroxylation sites is 1. The fourth-order valence-electron chi connectivity index (χ4n) is 2.98. The first kappa shape index (κ1) is 15.2. The van der Waals surface area contributed by atoms with Crippen LogP contribution < -0.4 is 5.32 Å². The summed E-state index contributed by atoms with van der Waals surface area (Å²) in [4.78, 5) is 23.3. The topological polar surface area (TPSA) is 103 Å². The summed E-state index contributed by atoms with van der Waals surface area (Å²) in [5.41, 5.74) is 2.02. The van der Waals surface area contributed by atoms with Crippen molar-refractivity contribution in [3.05, 3.63) is 81.9 Å². The van der Waals surface area contributed by atoms with E-state index in [9.17, 15) is 14.9 Å². The molecule has 3 aromatic rings. The minimum Gasteiger partial charge on any atom is -0.296 e. The molecule has 124 valence electrons. The lowest BCUT2D eigenvalue weighted by Gasteiger charge is -2.17. The van der Waals surface area contributed by atoms with Crippen molar-refractivity contribution < 1.29 is 9.72 Å². The van der Waals surface area contributed by atoms with Crippen LogP contribution in [0.1, 0.15) is 27.8 Å². The minimum atomic E-state index is -0.570. The Morgan fingerprint density at radius 1 is 1.20 bits per heavy atom. The Balaban J connectivity index is 1.74. The van der Waals surface area contributed by atoms with Gasteiger partial charge in [0.1, 0.15) is 6.33 Å². The largest absolute Gasteiger partial charge is 0.296 e. The Morgan fingerprint density at radius 2 is 1.96 bits per heavy atom. The number of nitrogens with one attached hydrogen (secondary N) is 1. The van der Waals surface area contributed by atoms with E-state index in [0.717, 1.165) is 11.3 Å². The zero-order chi connectivity index (χ0) is 17.4. The minimum absolute atomic E-state index is 0.0445. The number of fused-ring (bicyclic) bond motifs is 3. The maximum atomic E-state index is 13.0. The monoisotopic (exact) mass is 335 g/mol. The Labute approximate surface area is 142 Å². The van der Waals surface area contributed by atoms with Crippen molar-refractivity contribution >= 4 is 11.5 Å². The van der Waals surface area contributed by atoms with Gasteiger partial charge in [0.15, 0.2) is 11.6 Å². The molecule has 0 radical (unpaired) electrons. The third-order valence-electron chi connectivity index (χ3n) is 4.21. The van der Waals surface area contributed by atoms with E-state index in [0.29, 0.717) is 17.9 Å². The molecule has 2 heterocycles. The predicted molar refractivity (Wildman–Crippen MR) is 88.4 cm³/mol. The molecule has 8 nitrogen and oxygen atoms in total. The number of hydrogen-bond donors (Lipinski definition) is 1. The lowest BCUT2D eigenvalue weighted by molar-refractivity contribution is -0.384. The molecule has 1 aromatic heterocycles. The van der Waals surface area contributed by atoms with Gasteiger partial charge in [-0.1, -0.05) is 18.2 Å². The van der Waals surface area contributed by atoms with Gasteiger partial charge in [-0.25, -0.2) is 0 Å². The SMILES string of the molecule is O=C(c1ccc([N+](=O)[O-])cc1)C1NCc2nncn2-c2ccccc21. The number of aromatic nitrogens is 3. The summed E-state index contributed by atoms with van der Waals surface area (Å²) in [5, 5.41) is 22.0. The number of hydrogen-bond acceptors (Lipinski definition) is 6. The van der Waals surface area contributed by atoms with E-state index in [-0.39, 0.29) is 11.5 Å². The van der Waals surface area contributed by atoms with Crippen LogP contribution in [-0.4, -0.2) is 25.5 Å². The van der Waals surface area contributed by atoms with E-state index < -0.39 is 11.0 Å². The maximum absolute atomic E-state index is 13.0. The smallest absolute Gasteiger partial charge is 0.269 e. The molecule has 0 saturated carbocycles. The van der Waals surface area contributed by atoms with Gasteiger partial charge in [0.25, 0.3) is 5.69 Å². The number of nitro benzene ring substituents is 1. The summed E-state index contributed by atoms with van der Waals surface area (Å²) in [6, 6.07) is 12.6. The summed E-state index contributed by atoms with van der Waals surface area (Å²) in [5.74, 6) is 0.563. The highest BCUT2D eigenvalue weighted by Gasteiger charge is 2.28. The van der Waals surface area contributed by atoms with Crippen LogP contribution in [0.2, 0.25) is 0 Å². The molecule has 1 unspecified atom stereocenters. The van der Waals surface area contributed by atoms with Crippen molar-refractivity contribution in [1.82, 2.24) is 20.1 Å². The second-order valence-corrected chi connectivity index (χ2v) is 5.66. The van der Waals surface area contributed by atoms with Crippen molar-refractivity contribution in [1.29, 1.82) is 0 Å². The van der Waals surface area contributed by atoms with Crippen LogP contribution in [0.4, 0.5) is 5.69 Å². The number of non-ortho nitro benzene ring substituents is 1. The number of carbonyl (C=O) groups excluding carboxylic acids is 1. The highest BCUT2D eigenvalue weighted by Crippen LogP contribution is 2.28. The van der Waals surface area contributed by atoms with Gasteiger partial charge in [0.2, 0.25) is 0 Å². The Kier molecular flexibility index (Phi) is 3.58. The molecule has 4 rings (SSSR count). The van der Waals surface area contributed by atoms with Gasteiger partial charge >= 0.3 is 0 Å². The van der Waals surface area contributed by atoms with Crippen LogP contribution in [0.15, 0.2) is 54.9 Å². The van der Waals surface area contributed by atoms with Gasteiger partial charge in [-0.15, -0.1) is 10.2 Å². The molecule has 1 atom stereocenters. The first-order valence-electron chi connectivity index (χ1n) is 7.65. The van der Waals surface area contributed by atoms with Crippen LogP contribution in [-0.2, 0) is 6.54 Å². The van der Waals surface area contributed by atoms with Gasteiger partial charge in [0, 0.05) is 23.3 Å². The van der Waals surface area contributed by atoms with E-state index >= 15 is 0 Å². The molecule has 0 fully saturated rings. The van der Waals surface area contributed by atoms with Crippen molar-refractivity contribution in [2.75, 3.05) is 0 Å². The highest BCUT2D eigenvalue weighted by molar-refractivity contribution is 6.01. The summed E-state index contributed by atoms with van der Waals surface area (Å²) in [7, 11) is 0.